The summed E-state index contributed by atoms with van der Waals surface area (Å²) in [5, 5.41) is -0.155. The van der Waals surface area contributed by atoms with E-state index < -0.39 is 21.3 Å². The summed E-state index contributed by atoms with van der Waals surface area (Å²) in [6.45, 7) is 12.5. The van der Waals surface area contributed by atoms with Gasteiger partial charge in [0.2, 0.25) is 0 Å². The zero-order chi connectivity index (χ0) is 16.2. The van der Waals surface area contributed by atoms with Crippen molar-refractivity contribution in [2.45, 2.75) is 58.4 Å². The van der Waals surface area contributed by atoms with E-state index in [1.54, 1.807) is 0 Å². The molecule has 0 spiro atoms. The second-order valence-corrected chi connectivity index (χ2v) is 13.1. The number of alkyl halides is 2. The van der Waals surface area contributed by atoms with E-state index in [0.29, 0.717) is 0 Å². The average Bonchev–Trinajstić information content (AvgIpc) is 2.25. The molecule has 0 saturated heterocycles. The normalized spacial score (nSPS) is 13.8. The Bertz CT molecular complexity index is 423. The molecule has 0 atom stereocenters. The van der Waals surface area contributed by atoms with Gasteiger partial charge in [0.1, 0.15) is 8.07 Å². The Kier molecular flexibility index (Phi) is 6.63. The maximum atomic E-state index is 14.1. The molecule has 0 amide bonds. The van der Waals surface area contributed by atoms with E-state index in [0.717, 1.165) is 0 Å². The van der Waals surface area contributed by atoms with Crippen LogP contribution in [0.5, 0.6) is 0 Å². The predicted octanol–water partition coefficient (Wildman–Crippen LogP) is 4.90. The highest BCUT2D eigenvalue weighted by Gasteiger charge is 2.52. The van der Waals surface area contributed by atoms with Gasteiger partial charge in [0, 0.05) is 0 Å². The molecule has 118 valence electrons. The van der Waals surface area contributed by atoms with Gasteiger partial charge < -0.3 is 9.05 Å². The quantitative estimate of drug-likeness (QED) is 0.410. The summed E-state index contributed by atoms with van der Waals surface area (Å²) in [6.07, 6.45) is 0. The minimum atomic E-state index is -4.55. The first-order valence-corrected chi connectivity index (χ1v) is 11.2. The van der Waals surface area contributed by atoms with Crippen molar-refractivity contribution in [1.29, 1.82) is 0 Å². The first kappa shape index (κ1) is 19.8. The smallest absolute Gasteiger partial charge is 0.304 e. The van der Waals surface area contributed by atoms with E-state index >= 15 is 0 Å². The summed E-state index contributed by atoms with van der Waals surface area (Å²) >= 11 is 0. The van der Waals surface area contributed by atoms with Crippen LogP contribution in [0.25, 0.3) is 0 Å². The number of hydrogen-bond acceptors (Lipinski definition) is 3. The molecule has 20 heavy (non-hydrogen) atoms. The summed E-state index contributed by atoms with van der Waals surface area (Å²) in [4.78, 5) is 0. The molecule has 0 radical (unpaired) electrons. The van der Waals surface area contributed by atoms with Crippen LogP contribution in [0.2, 0.25) is 18.1 Å². The van der Waals surface area contributed by atoms with Gasteiger partial charge in [-0.15, -0.1) is 5.54 Å². The minimum Gasteiger partial charge on any atom is -0.304 e. The highest BCUT2D eigenvalue weighted by molar-refractivity contribution is 7.55. The molecule has 0 saturated carbocycles. The molecule has 0 aliphatic heterocycles. The van der Waals surface area contributed by atoms with Crippen molar-refractivity contribution in [2.75, 3.05) is 13.2 Å². The van der Waals surface area contributed by atoms with Crippen LogP contribution in [0, 0.1) is 11.5 Å². The minimum absolute atomic E-state index is 0.116. The molecule has 0 unspecified atom stereocenters. The predicted molar refractivity (Wildman–Crippen MR) is 80.8 cm³/mol. The van der Waals surface area contributed by atoms with Gasteiger partial charge >= 0.3 is 13.3 Å². The molecule has 0 aromatic carbocycles. The van der Waals surface area contributed by atoms with Crippen LogP contribution in [-0.4, -0.2) is 27.0 Å². The van der Waals surface area contributed by atoms with Gasteiger partial charge in [0.15, 0.2) is 0 Å². The Hall–Kier alpha value is -0.213. The Balaban J connectivity index is 5.51. The summed E-state index contributed by atoms with van der Waals surface area (Å²) in [6, 6.07) is 0. The summed E-state index contributed by atoms with van der Waals surface area (Å²) < 4.78 is 49.7. The van der Waals surface area contributed by atoms with Gasteiger partial charge in [0.05, 0.1) is 13.2 Å². The maximum Gasteiger partial charge on any atom is 0.412 e. The van der Waals surface area contributed by atoms with Crippen molar-refractivity contribution in [3.05, 3.63) is 0 Å². The SMILES string of the molecule is CCOP(=O)(OCC)C(F)(F)C#C[Si](C)(C)C(C)(C)C. The van der Waals surface area contributed by atoms with E-state index in [2.05, 4.69) is 14.6 Å². The molecule has 3 nitrogen and oxygen atoms in total. The lowest BCUT2D eigenvalue weighted by molar-refractivity contribution is 0.0870. The van der Waals surface area contributed by atoms with Crippen LogP contribution >= 0.6 is 7.60 Å². The molecule has 0 aliphatic carbocycles. The standard InChI is InChI=1S/C13H25F2O3PSi/c1-8-17-19(16,18-9-2)13(14,15)10-11-20(6,7)12(3,4)5/h8-9H2,1-7H3. The van der Waals surface area contributed by atoms with E-state index in [4.69, 9.17) is 0 Å². The molecule has 0 N–H and O–H groups in total. The van der Waals surface area contributed by atoms with E-state index in [-0.39, 0.29) is 18.3 Å². The third-order valence-corrected chi connectivity index (χ3v) is 9.84. The lowest BCUT2D eigenvalue weighted by Crippen LogP contribution is -2.36. The second-order valence-electron chi connectivity index (χ2n) is 6.00. The maximum absolute atomic E-state index is 14.1. The van der Waals surface area contributed by atoms with Crippen LogP contribution in [0.15, 0.2) is 0 Å². The zero-order valence-electron chi connectivity index (χ0n) is 13.3. The number of hydrogen-bond donors (Lipinski definition) is 0. The summed E-state index contributed by atoms with van der Waals surface area (Å²) in [7, 11) is -6.76. The van der Waals surface area contributed by atoms with Crippen molar-refractivity contribution in [1.82, 2.24) is 0 Å². The van der Waals surface area contributed by atoms with Crippen molar-refractivity contribution in [3.63, 3.8) is 0 Å². The van der Waals surface area contributed by atoms with E-state index in [1.807, 2.05) is 39.8 Å². The van der Waals surface area contributed by atoms with E-state index in [9.17, 15) is 13.3 Å². The third kappa shape index (κ3) is 4.66. The first-order valence-electron chi connectivity index (χ1n) is 6.64. The fourth-order valence-corrected chi connectivity index (χ4v) is 3.25. The summed E-state index contributed by atoms with van der Waals surface area (Å²) in [5.74, 6) is 1.88. The first-order chi connectivity index (χ1) is 8.83. The van der Waals surface area contributed by atoms with Gasteiger partial charge in [-0.25, -0.2) is 0 Å². The van der Waals surface area contributed by atoms with Crippen LogP contribution in [0.1, 0.15) is 34.6 Å². The lowest BCUT2D eigenvalue weighted by Gasteiger charge is -2.32. The Morgan fingerprint density at radius 1 is 1.10 bits per heavy atom. The van der Waals surface area contributed by atoms with Crippen LogP contribution in [-0.2, 0) is 13.6 Å². The molecule has 0 bridgehead atoms. The highest BCUT2D eigenvalue weighted by atomic mass is 31.2. The van der Waals surface area contributed by atoms with Gasteiger partial charge in [-0.1, -0.05) is 33.9 Å². The second kappa shape index (κ2) is 6.70. The van der Waals surface area contributed by atoms with Crippen LogP contribution < -0.4 is 0 Å². The third-order valence-electron chi connectivity index (χ3n) is 3.34. The molecular weight excluding hydrogens is 301 g/mol. The molecule has 0 aromatic rings. The van der Waals surface area contributed by atoms with Crippen LogP contribution in [0.4, 0.5) is 8.78 Å². The Labute approximate surface area is 122 Å². The van der Waals surface area contributed by atoms with Crippen molar-refractivity contribution >= 4 is 15.7 Å². The van der Waals surface area contributed by atoms with Gasteiger partial charge in [-0.2, -0.15) is 8.78 Å². The van der Waals surface area contributed by atoms with Crippen molar-refractivity contribution in [3.8, 4) is 11.5 Å². The molecular formula is C13H25F2O3PSi. The van der Waals surface area contributed by atoms with Gasteiger partial charge in [-0.05, 0) is 24.8 Å². The fraction of sp³-hybridized carbons (Fsp3) is 0.846. The molecule has 7 heteroatoms. The number of rotatable bonds is 5. The van der Waals surface area contributed by atoms with Crippen LogP contribution in [0.3, 0.4) is 0 Å². The van der Waals surface area contributed by atoms with E-state index in [1.165, 1.54) is 13.8 Å². The van der Waals surface area contributed by atoms with Gasteiger partial charge in [-0.3, -0.25) is 4.57 Å². The zero-order valence-corrected chi connectivity index (χ0v) is 15.2. The molecule has 0 rings (SSSR count). The molecule has 0 heterocycles. The largest absolute Gasteiger partial charge is 0.412 e. The topological polar surface area (TPSA) is 35.5 Å². The molecule has 0 fully saturated rings. The van der Waals surface area contributed by atoms with Crippen molar-refractivity contribution < 1.29 is 22.4 Å². The Morgan fingerprint density at radius 2 is 1.50 bits per heavy atom. The Morgan fingerprint density at radius 3 is 1.80 bits per heavy atom. The average molecular weight is 326 g/mol. The molecule has 0 aliphatic rings. The van der Waals surface area contributed by atoms with Gasteiger partial charge in [0.25, 0.3) is 0 Å². The highest BCUT2D eigenvalue weighted by Crippen LogP contribution is 2.61. The fourth-order valence-electron chi connectivity index (χ4n) is 1.03. The lowest BCUT2D eigenvalue weighted by atomic mass is 10.2. The number of halogens is 2. The summed E-state index contributed by atoms with van der Waals surface area (Å²) in [5.41, 5.74) is -1.11. The molecule has 0 aromatic heterocycles. The monoisotopic (exact) mass is 326 g/mol. The van der Waals surface area contributed by atoms with Crippen molar-refractivity contribution in [2.24, 2.45) is 0 Å².